The molecule has 0 aliphatic carbocycles. The normalized spacial score (nSPS) is 10.2. The average Bonchev–Trinajstić information content (AvgIpc) is 2.61. The van der Waals surface area contributed by atoms with Crippen molar-refractivity contribution in [2.75, 3.05) is 16.9 Å². The molecular weight excluding hydrogens is 268 g/mol. The van der Waals surface area contributed by atoms with Crippen LogP contribution >= 0.6 is 0 Å². The quantitative estimate of drug-likeness (QED) is 0.658. The van der Waals surface area contributed by atoms with Crippen molar-refractivity contribution in [1.29, 1.82) is 0 Å². The Morgan fingerprint density at radius 2 is 1.18 bits per heavy atom. The zero-order valence-corrected chi connectivity index (χ0v) is 12.5. The van der Waals surface area contributed by atoms with Gasteiger partial charge in [0, 0.05) is 17.9 Å². The summed E-state index contributed by atoms with van der Waals surface area (Å²) in [4.78, 5) is 2.34. The molecule has 0 unspecified atom stereocenters. The van der Waals surface area contributed by atoms with Crippen LogP contribution in [0.3, 0.4) is 0 Å². The number of anilines is 2. The predicted octanol–water partition coefficient (Wildman–Crippen LogP) is 4.76. The van der Waals surface area contributed by atoms with Crippen molar-refractivity contribution in [3.8, 4) is 0 Å². The van der Waals surface area contributed by atoms with E-state index in [1.165, 1.54) is 11.3 Å². The van der Waals surface area contributed by atoms with Crippen molar-refractivity contribution >= 4 is 11.4 Å². The number of para-hydroxylation sites is 2. The first-order chi connectivity index (χ1) is 10.9. The molecule has 0 heterocycles. The van der Waals surface area contributed by atoms with E-state index in [4.69, 9.17) is 0 Å². The van der Waals surface area contributed by atoms with Gasteiger partial charge >= 0.3 is 0 Å². The maximum absolute atomic E-state index is 3.49. The maximum Gasteiger partial charge on any atom is 0.0879 e. The van der Waals surface area contributed by atoms with Gasteiger partial charge in [0.2, 0.25) is 0 Å². The molecule has 0 fully saturated rings. The summed E-state index contributed by atoms with van der Waals surface area (Å²) in [6, 6.07) is 31.4. The zero-order chi connectivity index (χ0) is 15.0. The van der Waals surface area contributed by atoms with Gasteiger partial charge in [-0.2, -0.15) is 0 Å². The Morgan fingerprint density at radius 3 is 1.82 bits per heavy atom. The van der Waals surface area contributed by atoms with Crippen molar-refractivity contribution in [2.45, 2.75) is 6.54 Å². The highest BCUT2D eigenvalue weighted by molar-refractivity contribution is 5.50. The van der Waals surface area contributed by atoms with Gasteiger partial charge in [-0.3, -0.25) is 0 Å². The number of hydrogen-bond acceptors (Lipinski definition) is 2. The summed E-state index contributed by atoms with van der Waals surface area (Å²) in [5.74, 6) is 0. The fourth-order valence-corrected chi connectivity index (χ4v) is 2.42. The van der Waals surface area contributed by atoms with Gasteiger partial charge in [-0.1, -0.05) is 66.7 Å². The van der Waals surface area contributed by atoms with Crippen LogP contribution in [0.5, 0.6) is 0 Å². The summed E-state index contributed by atoms with van der Waals surface area (Å²) in [6.07, 6.45) is 0. The Bertz CT molecular complexity index is 666. The summed E-state index contributed by atoms with van der Waals surface area (Å²) in [6.45, 7) is 1.65. The second kappa shape index (κ2) is 7.32. The molecule has 1 N–H and O–H groups in total. The van der Waals surface area contributed by atoms with Gasteiger partial charge in [-0.25, -0.2) is 0 Å². The molecule has 0 saturated heterocycles. The van der Waals surface area contributed by atoms with Crippen LogP contribution < -0.4 is 10.2 Å². The molecule has 0 bridgehead atoms. The summed E-state index contributed by atoms with van der Waals surface area (Å²) in [5, 5.41) is 3.49. The number of hydrogen-bond donors (Lipinski definition) is 1. The van der Waals surface area contributed by atoms with Crippen molar-refractivity contribution in [3.63, 3.8) is 0 Å². The molecule has 0 aliphatic rings. The van der Waals surface area contributed by atoms with E-state index in [1.807, 2.05) is 18.2 Å². The summed E-state index contributed by atoms with van der Waals surface area (Å²) >= 11 is 0. The third-order valence-electron chi connectivity index (χ3n) is 3.59. The van der Waals surface area contributed by atoms with Crippen LogP contribution in [0, 0.1) is 0 Å². The van der Waals surface area contributed by atoms with Gasteiger partial charge < -0.3 is 10.2 Å². The number of rotatable bonds is 6. The van der Waals surface area contributed by atoms with E-state index in [2.05, 4.69) is 83.0 Å². The van der Waals surface area contributed by atoms with E-state index in [0.29, 0.717) is 0 Å². The van der Waals surface area contributed by atoms with Crippen LogP contribution in [-0.2, 0) is 6.54 Å². The second-order valence-electron chi connectivity index (χ2n) is 5.22. The minimum atomic E-state index is 0.767. The number of nitrogens with one attached hydrogen (secondary N) is 1. The van der Waals surface area contributed by atoms with Gasteiger partial charge in [-0.05, 0) is 29.8 Å². The van der Waals surface area contributed by atoms with Crippen molar-refractivity contribution in [2.24, 2.45) is 0 Å². The molecule has 2 nitrogen and oxygen atoms in total. The Hall–Kier alpha value is -2.74. The second-order valence-corrected chi connectivity index (χ2v) is 5.22. The molecule has 2 heteroatoms. The summed E-state index contributed by atoms with van der Waals surface area (Å²) < 4.78 is 0. The monoisotopic (exact) mass is 288 g/mol. The molecule has 22 heavy (non-hydrogen) atoms. The smallest absolute Gasteiger partial charge is 0.0879 e. The zero-order valence-electron chi connectivity index (χ0n) is 12.5. The van der Waals surface area contributed by atoms with Gasteiger partial charge in [0.25, 0.3) is 0 Å². The van der Waals surface area contributed by atoms with E-state index in [-0.39, 0.29) is 0 Å². The fourth-order valence-electron chi connectivity index (χ4n) is 2.42. The summed E-state index contributed by atoms with van der Waals surface area (Å²) in [5.41, 5.74) is 3.66. The largest absolute Gasteiger partial charge is 0.368 e. The van der Waals surface area contributed by atoms with Gasteiger partial charge in [0.1, 0.15) is 0 Å². The van der Waals surface area contributed by atoms with Gasteiger partial charge in [0.05, 0.1) is 6.67 Å². The third-order valence-corrected chi connectivity index (χ3v) is 3.59. The molecule has 3 rings (SSSR count). The first kappa shape index (κ1) is 14.2. The SMILES string of the molecule is c1ccc(CN(CNc2ccccc2)c2ccccc2)cc1. The van der Waals surface area contributed by atoms with Crippen LogP contribution in [0.4, 0.5) is 11.4 Å². The standard InChI is InChI=1S/C20H20N2/c1-4-10-18(11-5-1)16-22(20-14-8-3-9-15-20)17-21-19-12-6-2-7-13-19/h1-15,21H,16-17H2. The predicted molar refractivity (Wildman–Crippen MR) is 94.0 cm³/mol. The van der Waals surface area contributed by atoms with Crippen molar-refractivity contribution < 1.29 is 0 Å². The lowest BCUT2D eigenvalue weighted by Crippen LogP contribution is -2.28. The third kappa shape index (κ3) is 3.89. The van der Waals surface area contributed by atoms with E-state index in [1.54, 1.807) is 0 Å². The first-order valence-electron chi connectivity index (χ1n) is 7.55. The highest BCUT2D eigenvalue weighted by Crippen LogP contribution is 2.17. The topological polar surface area (TPSA) is 15.3 Å². The Kier molecular flexibility index (Phi) is 4.73. The van der Waals surface area contributed by atoms with Crippen LogP contribution in [0.1, 0.15) is 5.56 Å². The lowest BCUT2D eigenvalue weighted by atomic mass is 10.2. The van der Waals surface area contributed by atoms with Crippen LogP contribution in [0.15, 0.2) is 91.0 Å². The molecule has 0 aliphatic heterocycles. The Morgan fingerprint density at radius 1 is 0.636 bits per heavy atom. The Labute approximate surface area is 132 Å². The number of benzene rings is 3. The molecule has 0 radical (unpaired) electrons. The van der Waals surface area contributed by atoms with Gasteiger partial charge in [0.15, 0.2) is 0 Å². The summed E-state index contributed by atoms with van der Waals surface area (Å²) in [7, 11) is 0. The Balaban J connectivity index is 1.74. The highest BCUT2D eigenvalue weighted by Gasteiger charge is 2.06. The van der Waals surface area contributed by atoms with Crippen molar-refractivity contribution in [1.82, 2.24) is 0 Å². The molecule has 110 valence electrons. The molecule has 0 spiro atoms. The molecule has 3 aromatic carbocycles. The van der Waals surface area contributed by atoms with Crippen LogP contribution in [0.25, 0.3) is 0 Å². The van der Waals surface area contributed by atoms with Crippen LogP contribution in [0.2, 0.25) is 0 Å². The minimum absolute atomic E-state index is 0.767. The van der Waals surface area contributed by atoms with Crippen LogP contribution in [-0.4, -0.2) is 6.67 Å². The van der Waals surface area contributed by atoms with E-state index in [0.717, 1.165) is 18.9 Å². The molecule has 0 saturated carbocycles. The van der Waals surface area contributed by atoms with Gasteiger partial charge in [-0.15, -0.1) is 0 Å². The molecule has 0 aromatic heterocycles. The molecule has 0 amide bonds. The molecular formula is C20H20N2. The maximum atomic E-state index is 3.49. The van der Waals surface area contributed by atoms with E-state index < -0.39 is 0 Å². The average molecular weight is 288 g/mol. The fraction of sp³-hybridized carbons (Fsp3) is 0.100. The minimum Gasteiger partial charge on any atom is -0.368 e. The first-order valence-corrected chi connectivity index (χ1v) is 7.55. The highest BCUT2D eigenvalue weighted by atomic mass is 15.2. The van der Waals surface area contributed by atoms with E-state index in [9.17, 15) is 0 Å². The number of nitrogens with zero attached hydrogens (tertiary/aromatic N) is 1. The molecule has 0 atom stereocenters. The lowest BCUT2D eigenvalue weighted by molar-refractivity contribution is 0.839. The van der Waals surface area contributed by atoms with Crippen molar-refractivity contribution in [3.05, 3.63) is 96.6 Å². The molecule has 3 aromatic rings. The van der Waals surface area contributed by atoms with E-state index >= 15 is 0 Å². The lowest BCUT2D eigenvalue weighted by Gasteiger charge is -2.26.